The van der Waals surface area contributed by atoms with Crippen molar-refractivity contribution in [3.8, 4) is 0 Å². The molecule has 3 nitrogen and oxygen atoms in total. The average molecular weight is 198 g/mol. The van der Waals surface area contributed by atoms with Gasteiger partial charge in [0.05, 0.1) is 6.10 Å². The first-order valence-corrected chi connectivity index (χ1v) is 5.85. The summed E-state index contributed by atoms with van der Waals surface area (Å²) in [4.78, 5) is 2.48. The fourth-order valence-corrected chi connectivity index (χ4v) is 2.99. The molecule has 2 rings (SSSR count). The lowest BCUT2D eigenvalue weighted by atomic mass is 10.1. The Morgan fingerprint density at radius 1 is 1.14 bits per heavy atom. The predicted octanol–water partition coefficient (Wildman–Crippen LogP) is 0.582. The van der Waals surface area contributed by atoms with Gasteiger partial charge in [-0.15, -0.1) is 0 Å². The lowest BCUT2D eigenvalue weighted by Crippen LogP contribution is -2.58. The number of rotatable bonds is 1. The molecule has 0 radical (unpaired) electrons. The van der Waals surface area contributed by atoms with E-state index in [1.54, 1.807) is 0 Å². The highest BCUT2D eigenvalue weighted by atomic mass is 16.3. The molecule has 0 bridgehead atoms. The molecule has 14 heavy (non-hydrogen) atoms. The second-order valence-corrected chi connectivity index (χ2v) is 4.99. The smallest absolute Gasteiger partial charge is 0.0695 e. The zero-order valence-electron chi connectivity index (χ0n) is 9.24. The zero-order chi connectivity index (χ0) is 10.1. The van der Waals surface area contributed by atoms with E-state index >= 15 is 0 Å². The molecular weight excluding hydrogens is 176 g/mol. The van der Waals surface area contributed by atoms with Crippen molar-refractivity contribution in [2.75, 3.05) is 13.1 Å². The van der Waals surface area contributed by atoms with Crippen molar-refractivity contribution >= 4 is 0 Å². The van der Waals surface area contributed by atoms with Crippen LogP contribution in [0.15, 0.2) is 0 Å². The largest absolute Gasteiger partial charge is 0.391 e. The second-order valence-electron chi connectivity index (χ2n) is 4.99. The third-order valence-corrected chi connectivity index (χ3v) is 3.50. The Bertz CT molecular complexity index is 188. The summed E-state index contributed by atoms with van der Waals surface area (Å²) in [5.41, 5.74) is 0. The van der Waals surface area contributed by atoms with Gasteiger partial charge in [-0.05, 0) is 33.1 Å². The maximum absolute atomic E-state index is 9.85. The Labute approximate surface area is 86.5 Å². The minimum Gasteiger partial charge on any atom is -0.391 e. The standard InChI is InChI=1S/C11H22N2O/c1-8-6-13(7-9(2)12-8)10-4-3-5-11(10)14/h8-12,14H,3-7H2,1-2H3. The molecular formula is C11H22N2O. The molecule has 4 atom stereocenters. The summed E-state index contributed by atoms with van der Waals surface area (Å²) in [7, 11) is 0. The summed E-state index contributed by atoms with van der Waals surface area (Å²) in [5, 5.41) is 13.4. The lowest BCUT2D eigenvalue weighted by molar-refractivity contribution is 0.0439. The van der Waals surface area contributed by atoms with Gasteiger partial charge in [0.1, 0.15) is 0 Å². The molecule has 0 amide bonds. The van der Waals surface area contributed by atoms with E-state index in [9.17, 15) is 5.11 Å². The molecule has 1 aliphatic heterocycles. The van der Waals surface area contributed by atoms with Gasteiger partial charge in [-0.2, -0.15) is 0 Å². The number of nitrogens with one attached hydrogen (secondary N) is 1. The molecule has 1 saturated carbocycles. The van der Waals surface area contributed by atoms with E-state index in [1.165, 1.54) is 12.8 Å². The molecule has 0 aromatic rings. The molecule has 2 fully saturated rings. The van der Waals surface area contributed by atoms with Crippen LogP contribution >= 0.6 is 0 Å². The molecule has 1 saturated heterocycles. The molecule has 0 spiro atoms. The van der Waals surface area contributed by atoms with Crippen LogP contribution in [0.5, 0.6) is 0 Å². The van der Waals surface area contributed by atoms with E-state index in [0.29, 0.717) is 18.1 Å². The van der Waals surface area contributed by atoms with Crippen LogP contribution in [0.2, 0.25) is 0 Å². The van der Waals surface area contributed by atoms with Crippen molar-refractivity contribution in [3.63, 3.8) is 0 Å². The van der Waals surface area contributed by atoms with Crippen molar-refractivity contribution in [1.82, 2.24) is 10.2 Å². The predicted molar refractivity (Wildman–Crippen MR) is 57.3 cm³/mol. The monoisotopic (exact) mass is 198 g/mol. The van der Waals surface area contributed by atoms with Crippen LogP contribution in [0.4, 0.5) is 0 Å². The summed E-state index contributed by atoms with van der Waals surface area (Å²) >= 11 is 0. The number of piperazine rings is 1. The number of hydrogen-bond acceptors (Lipinski definition) is 3. The highest BCUT2D eigenvalue weighted by Crippen LogP contribution is 2.25. The van der Waals surface area contributed by atoms with Crippen LogP contribution in [0.1, 0.15) is 33.1 Å². The Morgan fingerprint density at radius 2 is 1.79 bits per heavy atom. The van der Waals surface area contributed by atoms with Gasteiger partial charge in [-0.3, -0.25) is 4.90 Å². The van der Waals surface area contributed by atoms with Gasteiger partial charge in [0.15, 0.2) is 0 Å². The minimum absolute atomic E-state index is 0.0764. The number of aliphatic hydroxyl groups excluding tert-OH is 1. The lowest BCUT2D eigenvalue weighted by Gasteiger charge is -2.40. The highest BCUT2D eigenvalue weighted by Gasteiger charge is 2.33. The van der Waals surface area contributed by atoms with Crippen molar-refractivity contribution in [3.05, 3.63) is 0 Å². The van der Waals surface area contributed by atoms with Crippen LogP contribution in [0.3, 0.4) is 0 Å². The van der Waals surface area contributed by atoms with Crippen LogP contribution in [-0.2, 0) is 0 Å². The van der Waals surface area contributed by atoms with Gasteiger partial charge < -0.3 is 10.4 Å². The van der Waals surface area contributed by atoms with E-state index in [2.05, 4.69) is 24.1 Å². The molecule has 1 heterocycles. The van der Waals surface area contributed by atoms with E-state index in [0.717, 1.165) is 19.5 Å². The Balaban J connectivity index is 1.95. The fraction of sp³-hybridized carbons (Fsp3) is 1.00. The summed E-state index contributed by atoms with van der Waals surface area (Å²) in [5.74, 6) is 0. The van der Waals surface area contributed by atoms with Crippen molar-refractivity contribution in [2.24, 2.45) is 0 Å². The molecule has 2 aliphatic rings. The Morgan fingerprint density at radius 3 is 2.29 bits per heavy atom. The third-order valence-electron chi connectivity index (χ3n) is 3.50. The molecule has 82 valence electrons. The highest BCUT2D eigenvalue weighted by molar-refractivity contribution is 4.91. The molecule has 3 heteroatoms. The number of aliphatic hydroxyl groups is 1. The van der Waals surface area contributed by atoms with Crippen molar-refractivity contribution < 1.29 is 5.11 Å². The first-order valence-electron chi connectivity index (χ1n) is 5.85. The summed E-state index contributed by atoms with van der Waals surface area (Å²) in [6, 6.07) is 1.56. The van der Waals surface area contributed by atoms with Gasteiger partial charge in [0.2, 0.25) is 0 Å². The van der Waals surface area contributed by atoms with E-state index in [4.69, 9.17) is 0 Å². The Kier molecular flexibility index (Phi) is 3.10. The maximum atomic E-state index is 9.85. The quantitative estimate of drug-likeness (QED) is 0.647. The molecule has 0 aromatic heterocycles. The molecule has 4 unspecified atom stereocenters. The second kappa shape index (κ2) is 4.17. The molecule has 1 aliphatic carbocycles. The zero-order valence-corrected chi connectivity index (χ0v) is 9.24. The molecule has 2 N–H and O–H groups in total. The van der Waals surface area contributed by atoms with E-state index in [1.807, 2.05) is 0 Å². The number of hydrogen-bond donors (Lipinski definition) is 2. The van der Waals surface area contributed by atoms with Crippen LogP contribution in [0, 0.1) is 0 Å². The van der Waals surface area contributed by atoms with Gasteiger partial charge in [0.25, 0.3) is 0 Å². The van der Waals surface area contributed by atoms with E-state index in [-0.39, 0.29) is 6.10 Å². The maximum Gasteiger partial charge on any atom is 0.0695 e. The molecule has 0 aromatic carbocycles. The SMILES string of the molecule is CC1CN(C2CCCC2O)CC(C)N1. The normalized spacial score (nSPS) is 45.6. The van der Waals surface area contributed by atoms with Gasteiger partial charge in [0, 0.05) is 31.2 Å². The minimum atomic E-state index is -0.0764. The van der Waals surface area contributed by atoms with E-state index < -0.39 is 0 Å². The van der Waals surface area contributed by atoms with Crippen molar-refractivity contribution in [1.29, 1.82) is 0 Å². The van der Waals surface area contributed by atoms with Gasteiger partial charge >= 0.3 is 0 Å². The number of nitrogens with zero attached hydrogens (tertiary/aromatic N) is 1. The Hall–Kier alpha value is -0.120. The third kappa shape index (κ3) is 2.10. The summed E-state index contributed by atoms with van der Waals surface area (Å²) < 4.78 is 0. The first kappa shape index (κ1) is 10.4. The average Bonchev–Trinajstić information content (AvgIpc) is 2.49. The fourth-order valence-electron chi connectivity index (χ4n) is 2.99. The first-order chi connectivity index (χ1) is 6.66. The van der Waals surface area contributed by atoms with Gasteiger partial charge in [-0.25, -0.2) is 0 Å². The van der Waals surface area contributed by atoms with Crippen LogP contribution in [-0.4, -0.2) is 47.3 Å². The van der Waals surface area contributed by atoms with Gasteiger partial charge in [-0.1, -0.05) is 0 Å². The van der Waals surface area contributed by atoms with Crippen LogP contribution in [0.25, 0.3) is 0 Å². The van der Waals surface area contributed by atoms with Crippen molar-refractivity contribution in [2.45, 2.75) is 57.3 Å². The topological polar surface area (TPSA) is 35.5 Å². The van der Waals surface area contributed by atoms with Crippen LogP contribution < -0.4 is 5.32 Å². The summed E-state index contributed by atoms with van der Waals surface area (Å²) in [6.45, 7) is 6.63. The summed E-state index contributed by atoms with van der Waals surface area (Å²) in [6.07, 6.45) is 3.30.